The molecule has 0 spiro atoms. The summed E-state index contributed by atoms with van der Waals surface area (Å²) >= 11 is 0. The molecule has 0 aliphatic heterocycles. The van der Waals surface area contributed by atoms with Crippen LogP contribution in [0.25, 0.3) is 0 Å². The summed E-state index contributed by atoms with van der Waals surface area (Å²) in [5.41, 5.74) is 0.734. The first-order valence-corrected chi connectivity index (χ1v) is 3.83. The first-order valence-electron chi connectivity index (χ1n) is 3.83. The zero-order chi connectivity index (χ0) is 10.0. The Morgan fingerprint density at radius 2 is 2.15 bits per heavy atom. The minimum absolute atomic E-state index is 0.120. The van der Waals surface area contributed by atoms with Crippen molar-refractivity contribution in [3.05, 3.63) is 28.6 Å². The first kappa shape index (κ1) is 9.44. The SMILES string of the molecule is CN(C)c1cc[n+](C)cc1[N+](=O)[O-]. The van der Waals surface area contributed by atoms with Crippen LogP contribution >= 0.6 is 0 Å². The largest absolute Gasteiger partial charge is 0.372 e. The fraction of sp³-hybridized carbons (Fsp3) is 0.375. The molecule has 0 bridgehead atoms. The van der Waals surface area contributed by atoms with E-state index >= 15 is 0 Å². The molecule has 5 nitrogen and oxygen atoms in total. The maximum Gasteiger partial charge on any atom is 0.355 e. The molecule has 1 rings (SSSR count). The lowest BCUT2D eigenvalue weighted by Gasteiger charge is -2.10. The van der Waals surface area contributed by atoms with Gasteiger partial charge in [0.1, 0.15) is 12.7 Å². The Balaban J connectivity index is 3.27. The summed E-state index contributed by atoms with van der Waals surface area (Å²) in [7, 11) is 5.32. The number of hydrogen-bond donors (Lipinski definition) is 0. The second-order valence-electron chi connectivity index (χ2n) is 3.03. The summed E-state index contributed by atoms with van der Waals surface area (Å²) in [6.07, 6.45) is 3.28. The Morgan fingerprint density at radius 3 is 2.62 bits per heavy atom. The van der Waals surface area contributed by atoms with E-state index in [0.29, 0.717) is 5.69 Å². The van der Waals surface area contributed by atoms with Crippen molar-refractivity contribution in [1.82, 2.24) is 0 Å². The third-order valence-corrected chi connectivity index (χ3v) is 1.73. The Kier molecular flexibility index (Phi) is 2.46. The van der Waals surface area contributed by atoms with Gasteiger partial charge < -0.3 is 4.90 Å². The molecule has 0 fully saturated rings. The number of nitrogens with zero attached hydrogens (tertiary/aromatic N) is 3. The van der Waals surface area contributed by atoms with Gasteiger partial charge in [-0.2, -0.15) is 0 Å². The van der Waals surface area contributed by atoms with E-state index in [2.05, 4.69) is 0 Å². The number of aryl methyl sites for hydroxylation is 1. The summed E-state index contributed by atoms with van der Waals surface area (Å²) in [6, 6.07) is 1.72. The Hall–Kier alpha value is -1.65. The van der Waals surface area contributed by atoms with Gasteiger partial charge in [0.2, 0.25) is 6.20 Å². The predicted octanol–water partition coefficient (Wildman–Crippen LogP) is 0.485. The molecule has 0 aromatic carbocycles. The van der Waals surface area contributed by atoms with Crippen LogP contribution in [0.5, 0.6) is 0 Å². The molecule has 1 aromatic rings. The first-order chi connectivity index (χ1) is 6.02. The summed E-state index contributed by atoms with van der Waals surface area (Å²) in [6.45, 7) is 0. The zero-order valence-corrected chi connectivity index (χ0v) is 7.89. The molecule has 0 saturated heterocycles. The van der Waals surface area contributed by atoms with E-state index in [1.807, 2.05) is 0 Å². The molecule has 5 heteroatoms. The smallest absolute Gasteiger partial charge is 0.355 e. The molecule has 13 heavy (non-hydrogen) atoms. The van der Waals surface area contributed by atoms with Gasteiger partial charge in [0.15, 0.2) is 6.20 Å². The summed E-state index contributed by atoms with van der Waals surface area (Å²) in [5, 5.41) is 10.6. The van der Waals surface area contributed by atoms with Crippen LogP contribution in [0.15, 0.2) is 18.5 Å². The van der Waals surface area contributed by atoms with Crippen molar-refractivity contribution in [2.24, 2.45) is 7.05 Å². The molecule has 0 amide bonds. The number of nitro groups is 1. The molecule has 0 aliphatic carbocycles. The summed E-state index contributed by atoms with van der Waals surface area (Å²) in [5.74, 6) is 0. The molecule has 0 atom stereocenters. The number of hydrogen-bond acceptors (Lipinski definition) is 3. The highest BCUT2D eigenvalue weighted by Crippen LogP contribution is 2.23. The van der Waals surface area contributed by atoms with Crippen molar-refractivity contribution in [2.45, 2.75) is 0 Å². The summed E-state index contributed by atoms with van der Waals surface area (Å²) < 4.78 is 1.66. The lowest BCUT2D eigenvalue weighted by atomic mass is 10.3. The van der Waals surface area contributed by atoms with Gasteiger partial charge in [-0.3, -0.25) is 10.1 Å². The topological polar surface area (TPSA) is 50.3 Å². The highest BCUT2D eigenvalue weighted by molar-refractivity contribution is 5.59. The minimum atomic E-state index is -0.380. The van der Waals surface area contributed by atoms with Gasteiger partial charge in [-0.15, -0.1) is 0 Å². The van der Waals surface area contributed by atoms with Crippen LogP contribution in [0, 0.1) is 10.1 Å². The van der Waals surface area contributed by atoms with Crippen LogP contribution < -0.4 is 9.47 Å². The van der Waals surface area contributed by atoms with Gasteiger partial charge in [-0.25, -0.2) is 4.57 Å². The lowest BCUT2D eigenvalue weighted by Crippen LogP contribution is -2.28. The average molecular weight is 182 g/mol. The number of aromatic nitrogens is 1. The Morgan fingerprint density at radius 1 is 1.54 bits per heavy atom. The summed E-state index contributed by atoms with van der Waals surface area (Å²) in [4.78, 5) is 12.0. The van der Waals surface area contributed by atoms with E-state index < -0.39 is 0 Å². The molecule has 0 unspecified atom stereocenters. The average Bonchev–Trinajstić information content (AvgIpc) is 2.03. The number of rotatable bonds is 2. The van der Waals surface area contributed by atoms with Gasteiger partial charge in [0.25, 0.3) is 0 Å². The van der Waals surface area contributed by atoms with Crippen molar-refractivity contribution < 1.29 is 9.49 Å². The number of anilines is 1. The molecule has 70 valence electrons. The van der Waals surface area contributed by atoms with Crippen LogP contribution in [0.3, 0.4) is 0 Å². The van der Waals surface area contributed by atoms with Gasteiger partial charge in [0, 0.05) is 20.2 Å². The highest BCUT2D eigenvalue weighted by Gasteiger charge is 2.19. The van der Waals surface area contributed by atoms with Gasteiger partial charge in [-0.1, -0.05) is 0 Å². The van der Waals surface area contributed by atoms with Crippen molar-refractivity contribution in [3.8, 4) is 0 Å². The minimum Gasteiger partial charge on any atom is -0.372 e. The molecule has 1 heterocycles. The predicted molar refractivity (Wildman–Crippen MR) is 48.6 cm³/mol. The van der Waals surface area contributed by atoms with Gasteiger partial charge >= 0.3 is 5.69 Å². The fourth-order valence-corrected chi connectivity index (χ4v) is 1.09. The molecule has 1 aromatic heterocycles. The van der Waals surface area contributed by atoms with E-state index in [4.69, 9.17) is 0 Å². The van der Waals surface area contributed by atoms with Gasteiger partial charge in [-0.05, 0) is 0 Å². The standard InChI is InChI=1S/C8H12N3O2/c1-9(2)7-4-5-10(3)6-8(7)11(12)13/h4-6H,1-3H3/q+1. The molecule has 0 N–H and O–H groups in total. The second kappa shape index (κ2) is 3.38. The maximum absolute atomic E-state index is 10.6. The molecular weight excluding hydrogens is 170 g/mol. The molecule has 0 saturated carbocycles. The van der Waals surface area contributed by atoms with E-state index in [1.165, 1.54) is 6.20 Å². The maximum atomic E-state index is 10.6. The molecular formula is C8H12N3O2+. The number of pyridine rings is 1. The van der Waals surface area contributed by atoms with Crippen LogP contribution in [-0.2, 0) is 7.05 Å². The quantitative estimate of drug-likeness (QED) is 0.380. The van der Waals surface area contributed by atoms with E-state index in [0.717, 1.165) is 0 Å². The third-order valence-electron chi connectivity index (χ3n) is 1.73. The van der Waals surface area contributed by atoms with Crippen LogP contribution in [0.1, 0.15) is 0 Å². The van der Waals surface area contributed by atoms with Crippen molar-refractivity contribution in [2.75, 3.05) is 19.0 Å². The molecule has 0 radical (unpaired) electrons. The monoisotopic (exact) mass is 182 g/mol. The van der Waals surface area contributed by atoms with Crippen LogP contribution in [0.4, 0.5) is 11.4 Å². The van der Waals surface area contributed by atoms with E-state index in [9.17, 15) is 10.1 Å². The van der Waals surface area contributed by atoms with Crippen molar-refractivity contribution in [1.29, 1.82) is 0 Å². The van der Waals surface area contributed by atoms with E-state index in [1.54, 1.807) is 42.9 Å². The fourth-order valence-electron chi connectivity index (χ4n) is 1.09. The Labute approximate surface area is 76.4 Å². The van der Waals surface area contributed by atoms with Crippen LogP contribution in [0.2, 0.25) is 0 Å². The normalized spacial score (nSPS) is 9.77. The highest BCUT2D eigenvalue weighted by atomic mass is 16.6. The molecule has 0 aliphatic rings. The Bertz CT molecular complexity index is 336. The van der Waals surface area contributed by atoms with Crippen molar-refractivity contribution in [3.63, 3.8) is 0 Å². The van der Waals surface area contributed by atoms with Crippen LogP contribution in [-0.4, -0.2) is 19.0 Å². The van der Waals surface area contributed by atoms with Crippen molar-refractivity contribution >= 4 is 11.4 Å². The van der Waals surface area contributed by atoms with Gasteiger partial charge in [0.05, 0.1) is 4.92 Å². The zero-order valence-electron chi connectivity index (χ0n) is 7.89. The third kappa shape index (κ3) is 1.93. The second-order valence-corrected chi connectivity index (χ2v) is 3.03. The van der Waals surface area contributed by atoms with E-state index in [-0.39, 0.29) is 10.6 Å². The lowest BCUT2D eigenvalue weighted by molar-refractivity contribution is -0.674.